The predicted molar refractivity (Wildman–Crippen MR) is 118 cm³/mol. The maximum Gasteiger partial charge on any atom is 0.242 e. The summed E-state index contributed by atoms with van der Waals surface area (Å²) in [6.45, 7) is 4.82. The zero-order chi connectivity index (χ0) is 20.5. The van der Waals surface area contributed by atoms with Crippen molar-refractivity contribution in [3.63, 3.8) is 0 Å². The largest absolute Gasteiger partial charge is 0.317 e. The van der Waals surface area contributed by atoms with Crippen LogP contribution in [0.15, 0.2) is 62.2 Å². The van der Waals surface area contributed by atoms with Crippen LogP contribution < -0.4 is 4.80 Å². The van der Waals surface area contributed by atoms with Crippen LogP contribution in [0.5, 0.6) is 0 Å². The first-order valence-electron chi connectivity index (χ1n) is 8.77. The first kappa shape index (κ1) is 21.0. The van der Waals surface area contributed by atoms with Crippen LogP contribution in [0.3, 0.4) is 0 Å². The molecule has 148 valence electrons. The van der Waals surface area contributed by atoms with Gasteiger partial charge >= 0.3 is 0 Å². The minimum absolute atomic E-state index is 0.266. The number of thiazole rings is 1. The maximum atomic E-state index is 12.6. The normalized spacial score (nSPS) is 12.7. The van der Waals surface area contributed by atoms with Gasteiger partial charge in [-0.3, -0.25) is 0 Å². The van der Waals surface area contributed by atoms with Gasteiger partial charge in [0.1, 0.15) is 0 Å². The van der Waals surface area contributed by atoms with E-state index in [0.29, 0.717) is 0 Å². The molecule has 0 saturated carbocycles. The topological polar surface area (TPSA) is 54.7 Å². The molecule has 1 heterocycles. The van der Waals surface area contributed by atoms with Gasteiger partial charge in [-0.05, 0) is 43.7 Å². The highest BCUT2D eigenvalue weighted by Crippen LogP contribution is 2.32. The fourth-order valence-corrected chi connectivity index (χ4v) is 5.16. The Kier molecular flexibility index (Phi) is 6.24. The van der Waals surface area contributed by atoms with Crippen LogP contribution in [0, 0.1) is 6.92 Å². The van der Waals surface area contributed by atoms with Gasteiger partial charge in [0.2, 0.25) is 10.0 Å². The van der Waals surface area contributed by atoms with Crippen molar-refractivity contribution in [2.24, 2.45) is 4.99 Å². The van der Waals surface area contributed by atoms with Gasteiger partial charge in [0.25, 0.3) is 0 Å². The van der Waals surface area contributed by atoms with E-state index in [4.69, 9.17) is 4.99 Å². The van der Waals surface area contributed by atoms with Gasteiger partial charge in [-0.1, -0.05) is 34.1 Å². The predicted octanol–water partition coefficient (Wildman–Crippen LogP) is 4.79. The van der Waals surface area contributed by atoms with Crippen LogP contribution in [0.4, 0.5) is 5.69 Å². The number of sulfonamides is 1. The fraction of sp³-hybridized carbons (Fsp3) is 0.250. The molecule has 0 unspecified atom stereocenters. The molecular formula is C20H22BrN3O2S2. The number of para-hydroxylation sites is 1. The van der Waals surface area contributed by atoms with E-state index in [1.165, 1.54) is 18.4 Å². The Labute approximate surface area is 178 Å². The average Bonchev–Trinajstić information content (AvgIpc) is 3.06. The molecule has 0 aliphatic heterocycles. The Morgan fingerprint density at radius 3 is 2.54 bits per heavy atom. The number of aromatic nitrogens is 1. The summed E-state index contributed by atoms with van der Waals surface area (Å²) in [6.07, 6.45) is 0. The summed E-state index contributed by atoms with van der Waals surface area (Å²) in [5, 5.41) is 2.02. The fourth-order valence-electron chi connectivity index (χ4n) is 2.80. The number of rotatable bonds is 5. The molecule has 0 radical (unpaired) electrons. The average molecular weight is 480 g/mol. The van der Waals surface area contributed by atoms with Crippen molar-refractivity contribution < 1.29 is 8.42 Å². The van der Waals surface area contributed by atoms with E-state index in [9.17, 15) is 8.42 Å². The van der Waals surface area contributed by atoms with Crippen LogP contribution in [-0.4, -0.2) is 31.4 Å². The number of hydrogen-bond donors (Lipinski definition) is 0. The summed E-state index contributed by atoms with van der Waals surface area (Å²) in [5.41, 5.74) is 3.80. The molecule has 3 aromatic rings. The molecule has 0 spiro atoms. The van der Waals surface area contributed by atoms with Gasteiger partial charge < -0.3 is 4.57 Å². The van der Waals surface area contributed by atoms with Gasteiger partial charge in [0, 0.05) is 36.1 Å². The minimum Gasteiger partial charge on any atom is -0.317 e. The molecule has 0 amide bonds. The molecule has 0 fully saturated rings. The quantitative estimate of drug-likeness (QED) is 0.527. The zero-order valence-corrected chi connectivity index (χ0v) is 19.4. The third kappa shape index (κ3) is 4.00. The Balaban J connectivity index is 2.19. The molecule has 28 heavy (non-hydrogen) atoms. The summed E-state index contributed by atoms with van der Waals surface area (Å²) >= 11 is 5.12. The highest BCUT2D eigenvalue weighted by Gasteiger charge is 2.20. The molecular weight excluding hydrogens is 458 g/mol. The van der Waals surface area contributed by atoms with Crippen LogP contribution in [0.25, 0.3) is 11.3 Å². The second-order valence-corrected chi connectivity index (χ2v) is 10.3. The second kappa shape index (κ2) is 8.32. The number of benzene rings is 2. The first-order valence-corrected chi connectivity index (χ1v) is 11.9. The lowest BCUT2D eigenvalue weighted by Crippen LogP contribution is -2.22. The van der Waals surface area contributed by atoms with Crippen LogP contribution in [-0.2, 0) is 16.6 Å². The highest BCUT2D eigenvalue weighted by molar-refractivity contribution is 9.10. The lowest BCUT2D eigenvalue weighted by molar-refractivity contribution is 0.521. The van der Waals surface area contributed by atoms with Crippen molar-refractivity contribution >= 4 is 43.0 Å². The molecule has 3 rings (SSSR count). The number of hydrogen-bond acceptors (Lipinski definition) is 4. The van der Waals surface area contributed by atoms with Crippen molar-refractivity contribution in [2.75, 3.05) is 14.1 Å². The van der Waals surface area contributed by atoms with E-state index in [1.807, 2.05) is 36.6 Å². The molecule has 0 N–H and O–H groups in total. The van der Waals surface area contributed by atoms with Crippen LogP contribution >= 0.6 is 27.3 Å². The molecule has 0 aliphatic rings. The Hall–Kier alpha value is -1.74. The van der Waals surface area contributed by atoms with E-state index in [1.54, 1.807) is 29.5 Å². The molecule has 1 aromatic heterocycles. The van der Waals surface area contributed by atoms with E-state index in [2.05, 4.69) is 27.4 Å². The van der Waals surface area contributed by atoms with Crippen molar-refractivity contribution in [2.45, 2.75) is 25.3 Å². The van der Waals surface area contributed by atoms with Gasteiger partial charge in [0.15, 0.2) is 4.80 Å². The summed E-state index contributed by atoms with van der Waals surface area (Å²) in [5.74, 6) is 0. The Morgan fingerprint density at radius 1 is 1.18 bits per heavy atom. The molecule has 0 aliphatic carbocycles. The minimum atomic E-state index is -3.51. The number of aryl methyl sites for hydroxylation is 1. The standard InChI is InChI=1S/C20H22BrN3O2S2/c1-5-24-19(13-27-20(24)22-18-9-7-6-8-14(18)2)16-12-15(10-11-17(16)21)28(25,26)23(3)4/h6-13H,5H2,1-4H3. The van der Waals surface area contributed by atoms with Crippen LogP contribution in [0.1, 0.15) is 12.5 Å². The summed E-state index contributed by atoms with van der Waals surface area (Å²) in [7, 11) is -0.438. The van der Waals surface area contributed by atoms with E-state index >= 15 is 0 Å². The molecule has 0 saturated heterocycles. The third-order valence-electron chi connectivity index (χ3n) is 4.44. The molecule has 8 heteroatoms. The van der Waals surface area contributed by atoms with E-state index < -0.39 is 10.0 Å². The maximum absolute atomic E-state index is 12.6. The number of halogens is 1. The molecule has 2 aromatic carbocycles. The van der Waals surface area contributed by atoms with Crippen LogP contribution in [0.2, 0.25) is 0 Å². The Morgan fingerprint density at radius 2 is 1.89 bits per heavy atom. The smallest absolute Gasteiger partial charge is 0.242 e. The zero-order valence-electron chi connectivity index (χ0n) is 16.2. The summed E-state index contributed by atoms with van der Waals surface area (Å²) < 4.78 is 29.3. The van der Waals surface area contributed by atoms with Gasteiger partial charge in [-0.2, -0.15) is 0 Å². The van der Waals surface area contributed by atoms with Gasteiger partial charge in [-0.25, -0.2) is 17.7 Å². The number of nitrogens with zero attached hydrogens (tertiary/aromatic N) is 3. The molecule has 0 bridgehead atoms. The van der Waals surface area contributed by atoms with Crippen molar-refractivity contribution in [1.29, 1.82) is 0 Å². The van der Waals surface area contributed by atoms with Crippen molar-refractivity contribution in [3.8, 4) is 11.3 Å². The molecule has 5 nitrogen and oxygen atoms in total. The second-order valence-electron chi connectivity index (χ2n) is 6.48. The first-order chi connectivity index (χ1) is 13.3. The van der Waals surface area contributed by atoms with Gasteiger partial charge in [0.05, 0.1) is 16.3 Å². The monoisotopic (exact) mass is 479 g/mol. The van der Waals surface area contributed by atoms with Crippen molar-refractivity contribution in [3.05, 3.63) is 62.7 Å². The molecule has 0 atom stereocenters. The Bertz CT molecular complexity index is 1180. The lowest BCUT2D eigenvalue weighted by Gasteiger charge is -2.14. The summed E-state index contributed by atoms with van der Waals surface area (Å²) in [4.78, 5) is 5.97. The van der Waals surface area contributed by atoms with E-state index in [-0.39, 0.29) is 4.90 Å². The lowest BCUT2D eigenvalue weighted by atomic mass is 10.2. The van der Waals surface area contributed by atoms with Gasteiger partial charge in [-0.15, -0.1) is 11.3 Å². The third-order valence-corrected chi connectivity index (χ3v) is 7.80. The summed E-state index contributed by atoms with van der Waals surface area (Å²) in [6, 6.07) is 13.1. The van der Waals surface area contributed by atoms with Crippen molar-refractivity contribution in [1.82, 2.24) is 8.87 Å². The van der Waals surface area contributed by atoms with E-state index in [0.717, 1.165) is 38.3 Å². The highest BCUT2D eigenvalue weighted by atomic mass is 79.9. The SMILES string of the molecule is CCn1c(-c2cc(S(=O)(=O)N(C)C)ccc2Br)csc1=Nc1ccccc1C.